The van der Waals surface area contributed by atoms with E-state index in [-0.39, 0.29) is 0 Å². The molecule has 1 unspecified atom stereocenters. The molecule has 0 aliphatic rings. The number of pyridine rings is 1. The number of benzene rings is 1. The Labute approximate surface area is 187 Å². The summed E-state index contributed by atoms with van der Waals surface area (Å²) in [6.45, 7) is 7.07. The van der Waals surface area contributed by atoms with Crippen molar-refractivity contribution in [1.82, 2.24) is 4.98 Å². The van der Waals surface area contributed by atoms with Crippen molar-refractivity contribution in [1.29, 1.82) is 0 Å². The molecule has 0 fully saturated rings. The van der Waals surface area contributed by atoms with Gasteiger partial charge in [0, 0.05) is 0 Å². The van der Waals surface area contributed by atoms with E-state index >= 15 is 0 Å². The molecule has 0 saturated heterocycles. The van der Waals surface area contributed by atoms with Gasteiger partial charge in [0.15, 0.2) is 0 Å². The van der Waals surface area contributed by atoms with Gasteiger partial charge in [-0.1, -0.05) is 0 Å². The average Bonchev–Trinajstić information content (AvgIpc) is 2.78. The molecular formula is C26H39NSSn. The van der Waals surface area contributed by atoms with Gasteiger partial charge in [0.2, 0.25) is 0 Å². The van der Waals surface area contributed by atoms with E-state index in [2.05, 4.69) is 87.1 Å². The maximum atomic E-state index is 4.69. The summed E-state index contributed by atoms with van der Waals surface area (Å²) < 4.78 is 5.22. The molecule has 0 amide bonds. The van der Waals surface area contributed by atoms with E-state index in [1.807, 2.05) is 12.3 Å². The van der Waals surface area contributed by atoms with Gasteiger partial charge in [-0.15, -0.1) is 0 Å². The maximum absolute atomic E-state index is 4.69. The van der Waals surface area contributed by atoms with E-state index in [1.165, 1.54) is 62.4 Å². The summed E-state index contributed by atoms with van der Waals surface area (Å²) in [4.78, 5) is 4.69. The van der Waals surface area contributed by atoms with Crippen LogP contribution < -0.4 is 0 Å². The first kappa shape index (κ1) is 24.5. The summed E-state index contributed by atoms with van der Waals surface area (Å²) in [5.74, 6) is 0. The van der Waals surface area contributed by atoms with Crippen LogP contribution in [0.1, 0.15) is 64.9 Å². The Morgan fingerprint density at radius 1 is 0.828 bits per heavy atom. The first-order valence-electron chi connectivity index (χ1n) is 11.5. The van der Waals surface area contributed by atoms with Crippen molar-refractivity contribution in [3.63, 3.8) is 0 Å². The average molecular weight is 516 g/mol. The van der Waals surface area contributed by atoms with E-state index in [4.69, 9.17) is 4.98 Å². The van der Waals surface area contributed by atoms with Crippen molar-refractivity contribution in [2.45, 2.75) is 80.9 Å². The molecule has 0 aliphatic carbocycles. The van der Waals surface area contributed by atoms with Gasteiger partial charge in [-0.3, -0.25) is 0 Å². The SMILES string of the molecule is CCC[CH2][Sn]([CH2]CCC)([CH2]CCC)[CH](/C=C/c1ccccc1)Sc1ccccn1. The third-order valence-electron chi connectivity index (χ3n) is 5.84. The second-order valence-corrected chi connectivity index (χ2v) is 24.3. The van der Waals surface area contributed by atoms with Crippen LogP contribution in [-0.4, -0.2) is 26.6 Å². The third kappa shape index (κ3) is 8.49. The van der Waals surface area contributed by atoms with Crippen LogP contribution in [0.3, 0.4) is 0 Å². The van der Waals surface area contributed by atoms with Crippen LogP contribution >= 0.6 is 11.8 Å². The summed E-state index contributed by atoms with van der Waals surface area (Å²) in [7, 11) is 0. The number of nitrogens with zero attached hydrogens (tertiary/aromatic N) is 1. The van der Waals surface area contributed by atoms with Gasteiger partial charge in [0.1, 0.15) is 0 Å². The van der Waals surface area contributed by atoms with Gasteiger partial charge in [0.05, 0.1) is 0 Å². The Morgan fingerprint density at radius 3 is 1.93 bits per heavy atom. The van der Waals surface area contributed by atoms with E-state index in [9.17, 15) is 0 Å². The Balaban J connectivity index is 2.39. The number of thioether (sulfide) groups is 1. The molecule has 0 bridgehead atoms. The minimum absolute atomic E-state index is 0.657. The van der Waals surface area contributed by atoms with Gasteiger partial charge >= 0.3 is 188 Å². The van der Waals surface area contributed by atoms with Crippen molar-refractivity contribution >= 4 is 36.2 Å². The summed E-state index contributed by atoms with van der Waals surface area (Å²) in [5, 5.41) is 1.20. The number of rotatable bonds is 14. The molecule has 29 heavy (non-hydrogen) atoms. The molecule has 1 heterocycles. The van der Waals surface area contributed by atoms with E-state index in [1.54, 1.807) is 0 Å². The zero-order valence-electron chi connectivity index (χ0n) is 18.6. The van der Waals surface area contributed by atoms with Crippen molar-refractivity contribution in [3.05, 3.63) is 66.4 Å². The molecule has 0 aliphatic heterocycles. The standard InChI is InChI=1S/C14H12NS.3C4H9.Sn/c1-2-7-13(8-3-1)9-6-12-16-14-10-4-5-11-15-14;3*1-3-4-2;/h1-12H;3*1,3-4H2,2H3;/b9-6+;;;;. The molecule has 2 rings (SSSR count). The quantitative estimate of drug-likeness (QED) is 0.184. The molecule has 1 nitrogen and oxygen atoms in total. The molecule has 0 radical (unpaired) electrons. The molecule has 1 aromatic heterocycles. The predicted molar refractivity (Wildman–Crippen MR) is 134 cm³/mol. The molecule has 1 atom stereocenters. The molecule has 0 spiro atoms. The van der Waals surface area contributed by atoms with Crippen molar-refractivity contribution in [2.75, 3.05) is 0 Å². The Kier molecular flexibility index (Phi) is 12.1. The van der Waals surface area contributed by atoms with E-state index in [0.717, 1.165) is 0 Å². The fourth-order valence-electron chi connectivity index (χ4n) is 4.07. The fourth-order valence-corrected chi connectivity index (χ4v) is 25.6. The first-order chi connectivity index (χ1) is 14.2. The van der Waals surface area contributed by atoms with Gasteiger partial charge in [-0.25, -0.2) is 0 Å². The summed E-state index contributed by atoms with van der Waals surface area (Å²) >= 11 is -0.364. The van der Waals surface area contributed by atoms with E-state index < -0.39 is 18.4 Å². The van der Waals surface area contributed by atoms with Gasteiger partial charge in [-0.05, 0) is 0 Å². The second kappa shape index (κ2) is 14.3. The topological polar surface area (TPSA) is 12.9 Å². The number of unbranched alkanes of at least 4 members (excludes halogenated alkanes) is 3. The molecule has 3 heteroatoms. The van der Waals surface area contributed by atoms with Crippen molar-refractivity contribution in [3.8, 4) is 0 Å². The Morgan fingerprint density at radius 2 is 1.41 bits per heavy atom. The van der Waals surface area contributed by atoms with Crippen LogP contribution in [0.15, 0.2) is 65.8 Å². The van der Waals surface area contributed by atoms with Crippen molar-refractivity contribution in [2.24, 2.45) is 0 Å². The third-order valence-corrected chi connectivity index (χ3v) is 26.6. The molecular weight excluding hydrogens is 477 g/mol. The number of aromatic nitrogens is 1. The van der Waals surface area contributed by atoms with Crippen LogP contribution in [-0.2, 0) is 0 Å². The monoisotopic (exact) mass is 517 g/mol. The summed E-state index contributed by atoms with van der Waals surface area (Å²) in [6, 6.07) is 17.2. The Hall–Kier alpha value is -0.741. The van der Waals surface area contributed by atoms with Crippen LogP contribution in [0.4, 0.5) is 0 Å². The molecule has 158 valence electrons. The van der Waals surface area contributed by atoms with Crippen molar-refractivity contribution < 1.29 is 0 Å². The van der Waals surface area contributed by atoms with E-state index in [0.29, 0.717) is 3.27 Å². The van der Waals surface area contributed by atoms with Crippen LogP contribution in [0.5, 0.6) is 0 Å². The molecule has 1 aromatic carbocycles. The molecule has 0 N–H and O–H groups in total. The predicted octanol–water partition coefficient (Wildman–Crippen LogP) is 8.64. The summed E-state index contributed by atoms with van der Waals surface area (Å²) in [6.07, 6.45) is 15.1. The molecule has 2 aromatic rings. The zero-order chi connectivity index (χ0) is 20.8. The van der Waals surface area contributed by atoms with Crippen LogP contribution in [0.2, 0.25) is 13.3 Å². The van der Waals surface area contributed by atoms with Crippen LogP contribution in [0.25, 0.3) is 6.08 Å². The van der Waals surface area contributed by atoms with Crippen LogP contribution in [0, 0.1) is 0 Å². The van der Waals surface area contributed by atoms with Gasteiger partial charge < -0.3 is 0 Å². The fraction of sp³-hybridized carbons (Fsp3) is 0.500. The number of hydrogen-bond donors (Lipinski definition) is 0. The van der Waals surface area contributed by atoms with Gasteiger partial charge in [0.25, 0.3) is 0 Å². The Bertz CT molecular complexity index is 665. The normalized spacial score (nSPS) is 13.1. The summed E-state index contributed by atoms with van der Waals surface area (Å²) in [5.41, 5.74) is 1.32. The zero-order valence-corrected chi connectivity index (χ0v) is 22.3. The van der Waals surface area contributed by atoms with Gasteiger partial charge in [-0.2, -0.15) is 0 Å². The number of hydrogen-bond acceptors (Lipinski definition) is 2. The first-order valence-corrected chi connectivity index (χ1v) is 20.1. The second-order valence-electron chi connectivity index (χ2n) is 8.15. The molecule has 0 saturated carbocycles. The minimum atomic E-state index is -2.43.